The van der Waals surface area contributed by atoms with Crippen molar-refractivity contribution in [1.29, 1.82) is 0 Å². The van der Waals surface area contributed by atoms with Crippen LogP contribution in [0.25, 0.3) is 0 Å². The Kier molecular flexibility index (Phi) is 4.18. The number of rotatable bonds is 4. The maximum atomic E-state index is 9.08. The third-order valence-electron chi connectivity index (χ3n) is 2.40. The molecule has 6 nitrogen and oxygen atoms in total. The quantitative estimate of drug-likeness (QED) is 0.894. The lowest BCUT2D eigenvalue weighted by Crippen LogP contribution is -1.98. The van der Waals surface area contributed by atoms with Gasteiger partial charge in [0.1, 0.15) is 16.6 Å². The molecule has 2 rings (SSSR count). The Balaban J connectivity index is 2.35. The van der Waals surface area contributed by atoms with Crippen molar-refractivity contribution in [3.8, 4) is 17.4 Å². The summed E-state index contributed by atoms with van der Waals surface area (Å²) in [4.78, 5) is 7.81. The summed E-state index contributed by atoms with van der Waals surface area (Å²) in [5.74, 6) is 1.55. The zero-order valence-electron chi connectivity index (χ0n) is 10.1. The van der Waals surface area contributed by atoms with Gasteiger partial charge in [0.2, 0.25) is 5.88 Å². The van der Waals surface area contributed by atoms with Crippen LogP contribution in [-0.2, 0) is 6.61 Å². The van der Waals surface area contributed by atoms with E-state index in [1.807, 2.05) is 0 Å². The lowest BCUT2D eigenvalue weighted by atomic mass is 10.2. The molecule has 0 fully saturated rings. The highest BCUT2D eigenvalue weighted by atomic mass is 79.9. The molecule has 0 aliphatic rings. The van der Waals surface area contributed by atoms with E-state index in [2.05, 4.69) is 25.9 Å². The topological polar surface area (TPSA) is 90.5 Å². The van der Waals surface area contributed by atoms with Crippen LogP contribution in [0.1, 0.15) is 5.56 Å². The van der Waals surface area contributed by atoms with Gasteiger partial charge in [0.15, 0.2) is 11.5 Å². The van der Waals surface area contributed by atoms with Crippen molar-refractivity contribution < 1.29 is 14.6 Å². The molecule has 19 heavy (non-hydrogen) atoms. The molecule has 3 N–H and O–H groups in total. The molecular formula is C12H12BrN3O3. The Labute approximate surface area is 118 Å². The van der Waals surface area contributed by atoms with Gasteiger partial charge in [-0.1, -0.05) is 6.07 Å². The first kappa shape index (κ1) is 13.6. The summed E-state index contributed by atoms with van der Waals surface area (Å²) in [6.07, 6.45) is 1.31. The minimum absolute atomic E-state index is 0.0687. The Morgan fingerprint density at radius 2 is 2.11 bits per heavy atom. The van der Waals surface area contributed by atoms with Gasteiger partial charge in [-0.05, 0) is 33.6 Å². The van der Waals surface area contributed by atoms with E-state index in [1.165, 1.54) is 13.4 Å². The van der Waals surface area contributed by atoms with E-state index in [0.29, 0.717) is 21.9 Å². The first-order chi connectivity index (χ1) is 9.15. The second kappa shape index (κ2) is 5.85. The maximum Gasteiger partial charge on any atom is 0.239 e. The number of methoxy groups -OCH3 is 1. The summed E-state index contributed by atoms with van der Waals surface area (Å²) in [6, 6.07) is 5.11. The molecule has 2 aromatic rings. The number of halogens is 1. The molecule has 0 atom stereocenters. The minimum Gasteiger partial charge on any atom is -0.493 e. The van der Waals surface area contributed by atoms with Gasteiger partial charge in [-0.3, -0.25) is 0 Å². The summed E-state index contributed by atoms with van der Waals surface area (Å²) in [5, 5.41) is 9.08. The number of aliphatic hydroxyl groups is 1. The average Bonchev–Trinajstić information content (AvgIpc) is 2.44. The van der Waals surface area contributed by atoms with E-state index >= 15 is 0 Å². The molecule has 100 valence electrons. The van der Waals surface area contributed by atoms with Gasteiger partial charge in [-0.2, -0.15) is 0 Å². The largest absolute Gasteiger partial charge is 0.493 e. The van der Waals surface area contributed by atoms with Crippen LogP contribution < -0.4 is 15.2 Å². The second-order valence-electron chi connectivity index (χ2n) is 3.62. The van der Waals surface area contributed by atoms with E-state index in [0.717, 1.165) is 5.56 Å². The summed E-state index contributed by atoms with van der Waals surface area (Å²) in [6.45, 7) is -0.0687. The minimum atomic E-state index is -0.0687. The summed E-state index contributed by atoms with van der Waals surface area (Å²) < 4.78 is 11.3. The smallest absolute Gasteiger partial charge is 0.239 e. The van der Waals surface area contributed by atoms with Crippen molar-refractivity contribution in [1.82, 2.24) is 9.97 Å². The molecule has 0 saturated heterocycles. The van der Waals surface area contributed by atoms with Crippen LogP contribution in [0.5, 0.6) is 17.4 Å². The Morgan fingerprint density at radius 3 is 2.79 bits per heavy atom. The van der Waals surface area contributed by atoms with Crippen LogP contribution in [0.15, 0.2) is 29.0 Å². The van der Waals surface area contributed by atoms with Crippen LogP contribution in [0.2, 0.25) is 0 Å². The molecule has 1 heterocycles. The molecule has 0 saturated carbocycles. The third kappa shape index (κ3) is 2.94. The number of aliphatic hydroxyl groups excluding tert-OH is 1. The molecule has 0 unspecified atom stereocenters. The number of nitrogen functional groups attached to an aromatic ring is 1. The summed E-state index contributed by atoms with van der Waals surface area (Å²) >= 11 is 3.26. The number of hydrogen-bond donors (Lipinski definition) is 2. The van der Waals surface area contributed by atoms with Crippen molar-refractivity contribution in [2.24, 2.45) is 0 Å². The van der Waals surface area contributed by atoms with Crippen molar-refractivity contribution in [2.45, 2.75) is 6.61 Å². The number of hydrogen-bond acceptors (Lipinski definition) is 6. The molecule has 0 aliphatic carbocycles. The number of nitrogens with two attached hydrogens (primary N) is 1. The van der Waals surface area contributed by atoms with Crippen molar-refractivity contribution >= 4 is 21.7 Å². The molecule has 7 heteroatoms. The Hall–Kier alpha value is -1.86. The van der Waals surface area contributed by atoms with Crippen LogP contribution in [0.4, 0.5) is 5.82 Å². The van der Waals surface area contributed by atoms with E-state index in [9.17, 15) is 0 Å². The number of anilines is 1. The molecule has 1 aromatic heterocycles. The molecule has 0 amide bonds. The van der Waals surface area contributed by atoms with Gasteiger partial charge in [0, 0.05) is 0 Å². The number of ether oxygens (including phenoxy) is 2. The molecular weight excluding hydrogens is 314 g/mol. The van der Waals surface area contributed by atoms with Gasteiger partial charge in [-0.25, -0.2) is 9.97 Å². The maximum absolute atomic E-state index is 9.08. The predicted octanol–water partition coefficient (Wildman–Crippen LogP) is 2.11. The predicted molar refractivity (Wildman–Crippen MR) is 73.1 cm³/mol. The van der Waals surface area contributed by atoms with E-state index in [4.69, 9.17) is 20.3 Å². The van der Waals surface area contributed by atoms with Gasteiger partial charge in [0.05, 0.1) is 13.7 Å². The molecule has 0 spiro atoms. The Bertz CT molecular complexity index is 592. The summed E-state index contributed by atoms with van der Waals surface area (Å²) in [7, 11) is 1.52. The fourth-order valence-corrected chi connectivity index (χ4v) is 1.72. The van der Waals surface area contributed by atoms with Crippen molar-refractivity contribution in [2.75, 3.05) is 12.8 Å². The van der Waals surface area contributed by atoms with Crippen LogP contribution in [-0.4, -0.2) is 22.2 Å². The SMILES string of the molecule is COc1cc(CO)ccc1Oc1ncnc(N)c1Br. The monoisotopic (exact) mass is 325 g/mol. The summed E-state index contributed by atoms with van der Waals surface area (Å²) in [5.41, 5.74) is 6.38. The number of benzene rings is 1. The lowest BCUT2D eigenvalue weighted by Gasteiger charge is -2.11. The van der Waals surface area contributed by atoms with E-state index in [-0.39, 0.29) is 12.4 Å². The average molecular weight is 326 g/mol. The Morgan fingerprint density at radius 1 is 1.32 bits per heavy atom. The first-order valence-electron chi connectivity index (χ1n) is 5.37. The fourth-order valence-electron chi connectivity index (χ4n) is 1.44. The lowest BCUT2D eigenvalue weighted by molar-refractivity contribution is 0.280. The first-order valence-corrected chi connectivity index (χ1v) is 6.16. The van der Waals surface area contributed by atoms with E-state index in [1.54, 1.807) is 18.2 Å². The van der Waals surface area contributed by atoms with Crippen LogP contribution in [0, 0.1) is 0 Å². The highest BCUT2D eigenvalue weighted by Crippen LogP contribution is 2.35. The van der Waals surface area contributed by atoms with Gasteiger partial charge < -0.3 is 20.3 Å². The standard InChI is InChI=1S/C12H12BrN3O3/c1-18-9-4-7(5-17)2-3-8(9)19-12-10(13)11(14)15-6-16-12/h2-4,6,17H,5H2,1H3,(H2,14,15,16). The van der Waals surface area contributed by atoms with Crippen LogP contribution in [0.3, 0.4) is 0 Å². The van der Waals surface area contributed by atoms with Crippen molar-refractivity contribution in [3.05, 3.63) is 34.6 Å². The molecule has 0 aliphatic heterocycles. The second-order valence-corrected chi connectivity index (χ2v) is 4.42. The van der Waals surface area contributed by atoms with Crippen LogP contribution >= 0.6 is 15.9 Å². The van der Waals surface area contributed by atoms with Gasteiger partial charge >= 0.3 is 0 Å². The fraction of sp³-hybridized carbons (Fsp3) is 0.167. The molecule has 1 aromatic carbocycles. The molecule has 0 radical (unpaired) electrons. The highest BCUT2D eigenvalue weighted by molar-refractivity contribution is 9.10. The van der Waals surface area contributed by atoms with E-state index < -0.39 is 0 Å². The van der Waals surface area contributed by atoms with Gasteiger partial charge in [0.25, 0.3) is 0 Å². The zero-order valence-corrected chi connectivity index (χ0v) is 11.7. The number of aromatic nitrogens is 2. The number of nitrogens with zero attached hydrogens (tertiary/aromatic N) is 2. The highest BCUT2D eigenvalue weighted by Gasteiger charge is 2.12. The third-order valence-corrected chi connectivity index (χ3v) is 3.15. The normalized spacial score (nSPS) is 10.3. The molecule has 0 bridgehead atoms. The van der Waals surface area contributed by atoms with Crippen molar-refractivity contribution in [3.63, 3.8) is 0 Å². The van der Waals surface area contributed by atoms with Gasteiger partial charge in [-0.15, -0.1) is 0 Å². The zero-order chi connectivity index (χ0) is 13.8.